The number of rotatable bonds is 6. The fourth-order valence-corrected chi connectivity index (χ4v) is 2.82. The number of amides is 1. The van der Waals surface area contributed by atoms with E-state index in [1.165, 1.54) is 12.8 Å². The lowest BCUT2D eigenvalue weighted by Crippen LogP contribution is -2.33. The fraction of sp³-hybridized carbons (Fsp3) is 0.929. The number of hydrogen-bond acceptors (Lipinski definition) is 3. The third-order valence-corrected chi connectivity index (χ3v) is 4.08. The van der Waals surface area contributed by atoms with Crippen LogP contribution in [0.5, 0.6) is 0 Å². The molecule has 0 radical (unpaired) electrons. The molecule has 2 saturated heterocycles. The number of carbonyl (C=O) groups is 1. The van der Waals surface area contributed by atoms with E-state index in [1.54, 1.807) is 0 Å². The lowest BCUT2D eigenvalue weighted by molar-refractivity contribution is -0.121. The minimum atomic E-state index is 0.214. The highest BCUT2D eigenvalue weighted by atomic mass is 16.5. The average molecular weight is 254 g/mol. The number of nitrogens with one attached hydrogen (secondary N) is 2. The van der Waals surface area contributed by atoms with Crippen molar-refractivity contribution in [2.45, 2.75) is 38.5 Å². The van der Waals surface area contributed by atoms with Gasteiger partial charge in [-0.3, -0.25) is 4.79 Å². The van der Waals surface area contributed by atoms with Gasteiger partial charge in [0.05, 0.1) is 0 Å². The monoisotopic (exact) mass is 254 g/mol. The molecule has 0 aromatic heterocycles. The van der Waals surface area contributed by atoms with Crippen LogP contribution >= 0.6 is 0 Å². The van der Waals surface area contributed by atoms with Gasteiger partial charge in [0.25, 0.3) is 0 Å². The zero-order valence-corrected chi connectivity index (χ0v) is 11.2. The van der Waals surface area contributed by atoms with Crippen molar-refractivity contribution in [3.8, 4) is 0 Å². The number of carbonyl (C=O) groups excluding carboxylic acids is 1. The molecule has 18 heavy (non-hydrogen) atoms. The van der Waals surface area contributed by atoms with Crippen molar-refractivity contribution in [3.63, 3.8) is 0 Å². The first-order chi connectivity index (χ1) is 8.84. The Morgan fingerprint density at radius 3 is 2.94 bits per heavy atom. The third kappa shape index (κ3) is 4.94. The van der Waals surface area contributed by atoms with E-state index in [1.807, 2.05) is 0 Å². The van der Waals surface area contributed by atoms with E-state index in [-0.39, 0.29) is 5.91 Å². The number of piperidine rings is 1. The Labute approximate surface area is 110 Å². The second-order valence-corrected chi connectivity index (χ2v) is 5.62. The molecule has 4 nitrogen and oxygen atoms in total. The van der Waals surface area contributed by atoms with Gasteiger partial charge >= 0.3 is 0 Å². The zero-order valence-electron chi connectivity index (χ0n) is 11.2. The van der Waals surface area contributed by atoms with Crippen LogP contribution in [0, 0.1) is 11.8 Å². The van der Waals surface area contributed by atoms with E-state index in [0.29, 0.717) is 12.3 Å². The molecular weight excluding hydrogens is 228 g/mol. The van der Waals surface area contributed by atoms with Crippen molar-refractivity contribution >= 4 is 5.91 Å². The van der Waals surface area contributed by atoms with Crippen molar-refractivity contribution in [1.82, 2.24) is 10.6 Å². The highest BCUT2D eigenvalue weighted by Crippen LogP contribution is 2.17. The standard InChI is InChI=1S/C14H26N2O2/c17-14(4-3-13-6-9-18-11-13)16-8-5-12-2-1-7-15-10-12/h12-13,15H,1-11H2,(H,16,17). The summed E-state index contributed by atoms with van der Waals surface area (Å²) in [5, 5.41) is 6.45. The molecule has 2 unspecified atom stereocenters. The molecule has 2 rings (SSSR count). The largest absolute Gasteiger partial charge is 0.381 e. The first-order valence-electron chi connectivity index (χ1n) is 7.40. The first kappa shape index (κ1) is 13.8. The molecular formula is C14H26N2O2. The molecule has 2 aliphatic rings. The van der Waals surface area contributed by atoms with Crippen molar-refractivity contribution in [2.24, 2.45) is 11.8 Å². The van der Waals surface area contributed by atoms with Crippen LogP contribution < -0.4 is 10.6 Å². The van der Waals surface area contributed by atoms with Crippen LogP contribution in [0.1, 0.15) is 38.5 Å². The molecule has 0 aliphatic carbocycles. The summed E-state index contributed by atoms with van der Waals surface area (Å²) in [5.41, 5.74) is 0. The molecule has 0 aromatic carbocycles. The Kier molecular flexibility index (Phi) is 5.94. The predicted octanol–water partition coefficient (Wildman–Crippen LogP) is 1.31. The quantitative estimate of drug-likeness (QED) is 0.751. The highest BCUT2D eigenvalue weighted by Gasteiger charge is 2.17. The van der Waals surface area contributed by atoms with Crippen molar-refractivity contribution in [1.29, 1.82) is 0 Å². The van der Waals surface area contributed by atoms with Gasteiger partial charge in [-0.1, -0.05) is 0 Å². The summed E-state index contributed by atoms with van der Waals surface area (Å²) in [6.07, 6.45) is 6.47. The van der Waals surface area contributed by atoms with Crippen LogP contribution in [0.2, 0.25) is 0 Å². The predicted molar refractivity (Wildman–Crippen MR) is 71.4 cm³/mol. The van der Waals surface area contributed by atoms with Crippen LogP contribution in [0.25, 0.3) is 0 Å². The zero-order chi connectivity index (χ0) is 12.6. The van der Waals surface area contributed by atoms with E-state index in [2.05, 4.69) is 10.6 Å². The van der Waals surface area contributed by atoms with Gasteiger partial charge < -0.3 is 15.4 Å². The van der Waals surface area contributed by atoms with Gasteiger partial charge in [-0.15, -0.1) is 0 Å². The number of hydrogen-bond donors (Lipinski definition) is 2. The van der Waals surface area contributed by atoms with Crippen molar-refractivity contribution in [2.75, 3.05) is 32.8 Å². The van der Waals surface area contributed by atoms with E-state index in [9.17, 15) is 4.79 Å². The minimum absolute atomic E-state index is 0.214. The highest BCUT2D eigenvalue weighted by molar-refractivity contribution is 5.75. The van der Waals surface area contributed by atoms with Crippen LogP contribution in [0.15, 0.2) is 0 Å². The summed E-state index contributed by atoms with van der Waals surface area (Å²) < 4.78 is 5.31. The van der Waals surface area contributed by atoms with Gasteiger partial charge in [-0.05, 0) is 57.0 Å². The lowest BCUT2D eigenvalue weighted by Gasteiger charge is -2.22. The maximum atomic E-state index is 11.7. The molecule has 104 valence electrons. The van der Waals surface area contributed by atoms with Gasteiger partial charge in [0.15, 0.2) is 0 Å². The van der Waals surface area contributed by atoms with E-state index in [4.69, 9.17) is 4.74 Å². The maximum absolute atomic E-state index is 11.7. The van der Waals surface area contributed by atoms with Crippen LogP contribution in [-0.2, 0) is 9.53 Å². The van der Waals surface area contributed by atoms with Crippen LogP contribution in [-0.4, -0.2) is 38.8 Å². The molecule has 4 heteroatoms. The molecule has 1 amide bonds. The molecule has 2 aliphatic heterocycles. The van der Waals surface area contributed by atoms with Crippen LogP contribution in [0.4, 0.5) is 0 Å². The van der Waals surface area contributed by atoms with Crippen molar-refractivity contribution in [3.05, 3.63) is 0 Å². The molecule has 2 N–H and O–H groups in total. The minimum Gasteiger partial charge on any atom is -0.381 e. The summed E-state index contributed by atoms with van der Waals surface area (Å²) in [7, 11) is 0. The van der Waals surface area contributed by atoms with Gasteiger partial charge in [-0.2, -0.15) is 0 Å². The summed E-state index contributed by atoms with van der Waals surface area (Å²) in [5.74, 6) is 1.58. The first-order valence-corrected chi connectivity index (χ1v) is 7.40. The molecule has 0 saturated carbocycles. The molecule has 2 atom stereocenters. The molecule has 0 bridgehead atoms. The second-order valence-electron chi connectivity index (χ2n) is 5.62. The summed E-state index contributed by atoms with van der Waals surface area (Å²) >= 11 is 0. The Hall–Kier alpha value is -0.610. The Morgan fingerprint density at radius 1 is 1.28 bits per heavy atom. The Morgan fingerprint density at radius 2 is 2.22 bits per heavy atom. The molecule has 0 aromatic rings. The molecule has 2 fully saturated rings. The van der Waals surface area contributed by atoms with Gasteiger partial charge in [0.2, 0.25) is 5.91 Å². The number of ether oxygens (including phenoxy) is 1. The van der Waals surface area contributed by atoms with E-state index < -0.39 is 0 Å². The molecule has 0 spiro atoms. The third-order valence-electron chi connectivity index (χ3n) is 4.08. The van der Waals surface area contributed by atoms with Gasteiger partial charge in [0.1, 0.15) is 0 Å². The maximum Gasteiger partial charge on any atom is 0.220 e. The van der Waals surface area contributed by atoms with E-state index in [0.717, 1.165) is 58.0 Å². The summed E-state index contributed by atoms with van der Waals surface area (Å²) in [6.45, 7) is 4.84. The Balaban J connectivity index is 1.48. The topological polar surface area (TPSA) is 50.4 Å². The summed E-state index contributed by atoms with van der Waals surface area (Å²) in [6, 6.07) is 0. The van der Waals surface area contributed by atoms with Gasteiger partial charge in [-0.25, -0.2) is 0 Å². The summed E-state index contributed by atoms with van der Waals surface area (Å²) in [4.78, 5) is 11.7. The lowest BCUT2D eigenvalue weighted by atomic mass is 9.96. The second kappa shape index (κ2) is 7.74. The van der Waals surface area contributed by atoms with Crippen LogP contribution in [0.3, 0.4) is 0 Å². The fourth-order valence-electron chi connectivity index (χ4n) is 2.82. The normalized spacial score (nSPS) is 28.2. The SMILES string of the molecule is O=C(CCC1CCOC1)NCCC1CCCNC1. The average Bonchev–Trinajstić information content (AvgIpc) is 2.91. The van der Waals surface area contributed by atoms with Gasteiger partial charge in [0, 0.05) is 26.2 Å². The molecule has 2 heterocycles. The Bertz CT molecular complexity index is 246. The van der Waals surface area contributed by atoms with E-state index >= 15 is 0 Å². The smallest absolute Gasteiger partial charge is 0.220 e. The van der Waals surface area contributed by atoms with Crippen molar-refractivity contribution < 1.29 is 9.53 Å².